The predicted octanol–water partition coefficient (Wildman–Crippen LogP) is 11.3. The molecule has 5 aromatic carbocycles. The number of nitrogens with zero attached hydrogens (tertiary/aromatic N) is 4. The van der Waals surface area contributed by atoms with Gasteiger partial charge in [-0.05, 0) is 105 Å². The highest BCUT2D eigenvalue weighted by molar-refractivity contribution is 6.10. The van der Waals surface area contributed by atoms with Crippen LogP contribution in [-0.4, -0.2) is 9.13 Å². The topological polar surface area (TPSA) is 57.4 Å². The van der Waals surface area contributed by atoms with Gasteiger partial charge < -0.3 is 9.13 Å². The van der Waals surface area contributed by atoms with Crippen LogP contribution in [0.25, 0.3) is 61.3 Å². The average molecular weight is 661 g/mol. The van der Waals surface area contributed by atoms with E-state index in [1.807, 2.05) is 72.4 Å². The Labute approximate surface area is 287 Å². The third-order valence-corrected chi connectivity index (χ3v) is 9.93. The van der Waals surface area contributed by atoms with Crippen molar-refractivity contribution in [1.29, 1.82) is 10.5 Å². The van der Waals surface area contributed by atoms with Gasteiger partial charge >= 0.3 is 6.18 Å². The van der Waals surface area contributed by atoms with E-state index in [1.54, 1.807) is 12.1 Å². The molecular weight excluding hydrogens is 629 g/mol. The summed E-state index contributed by atoms with van der Waals surface area (Å²) in [5.74, 6) is 0.301. The van der Waals surface area contributed by atoms with Gasteiger partial charge in [-0.3, -0.25) is 0 Å². The normalized spacial score (nSPS) is 14.3. The van der Waals surface area contributed by atoms with E-state index in [0.717, 1.165) is 73.1 Å². The molecule has 2 aromatic heterocycles. The number of benzene rings is 5. The molecule has 0 aliphatic heterocycles. The minimum Gasteiger partial charge on any atom is -0.309 e. The molecule has 0 saturated heterocycles. The molecule has 1 unspecified atom stereocenters. The number of nitriles is 2. The molecule has 2 heterocycles. The molecule has 244 valence electrons. The summed E-state index contributed by atoms with van der Waals surface area (Å²) in [5.41, 5.74) is 7.75. The van der Waals surface area contributed by atoms with Crippen LogP contribution in [0.5, 0.6) is 0 Å². The first-order valence-electron chi connectivity index (χ1n) is 16.5. The molecule has 0 fully saturated rings. The van der Waals surface area contributed by atoms with Gasteiger partial charge in [-0.15, -0.1) is 0 Å². The van der Waals surface area contributed by atoms with Crippen LogP contribution in [0.1, 0.15) is 51.6 Å². The number of rotatable bonds is 3. The zero-order valence-electron chi connectivity index (χ0n) is 27.9. The van der Waals surface area contributed by atoms with Crippen molar-refractivity contribution < 1.29 is 13.2 Å². The van der Waals surface area contributed by atoms with Gasteiger partial charge in [0.15, 0.2) is 0 Å². The maximum Gasteiger partial charge on any atom is 0.417 e. The van der Waals surface area contributed by atoms with Gasteiger partial charge in [0, 0.05) is 33.0 Å². The van der Waals surface area contributed by atoms with Crippen LogP contribution in [0.3, 0.4) is 0 Å². The molecule has 1 aliphatic rings. The minimum absolute atomic E-state index is 0.104. The van der Waals surface area contributed by atoms with Crippen molar-refractivity contribution in [3.05, 3.63) is 136 Å². The highest BCUT2D eigenvalue weighted by atomic mass is 19.4. The Morgan fingerprint density at radius 3 is 1.84 bits per heavy atom. The maximum absolute atomic E-state index is 15.0. The summed E-state index contributed by atoms with van der Waals surface area (Å²) in [6, 6.07) is 29.7. The van der Waals surface area contributed by atoms with Crippen LogP contribution in [0.4, 0.5) is 13.2 Å². The molecule has 0 saturated carbocycles. The Balaban J connectivity index is 1.58. The Bertz CT molecular complexity index is 2630. The van der Waals surface area contributed by atoms with Crippen LogP contribution < -0.4 is 0 Å². The summed E-state index contributed by atoms with van der Waals surface area (Å²) in [6.07, 6.45) is 0.218. The monoisotopic (exact) mass is 660 g/mol. The zero-order chi connectivity index (χ0) is 35.1. The summed E-state index contributed by atoms with van der Waals surface area (Å²) in [7, 11) is 0. The van der Waals surface area contributed by atoms with E-state index >= 15 is 0 Å². The number of hydrogen-bond acceptors (Lipinski definition) is 2. The fourth-order valence-corrected chi connectivity index (χ4v) is 7.70. The molecule has 0 N–H and O–H groups in total. The summed E-state index contributed by atoms with van der Waals surface area (Å²) < 4.78 is 48.8. The van der Waals surface area contributed by atoms with Crippen molar-refractivity contribution in [3.63, 3.8) is 0 Å². The van der Waals surface area contributed by atoms with E-state index in [-0.39, 0.29) is 16.7 Å². The van der Waals surface area contributed by atoms with E-state index in [4.69, 9.17) is 0 Å². The van der Waals surface area contributed by atoms with E-state index in [1.165, 1.54) is 12.1 Å². The number of fused-ring (bicyclic) bond motifs is 6. The second-order valence-corrected chi connectivity index (χ2v) is 13.5. The SMILES string of the molecule is Cc1ccc2c(c1)c1c(n2-c2cc(-c3c(C#N)cccc3C(F)(F)F)c(-n3c4ccc(C)cc4c4cc(C)ccc43)cc2C#N)C=CC(C)C1. The molecule has 0 amide bonds. The predicted molar refractivity (Wildman–Crippen MR) is 194 cm³/mol. The lowest BCUT2D eigenvalue weighted by Crippen LogP contribution is -2.11. The average Bonchev–Trinajstić information content (AvgIpc) is 3.57. The lowest BCUT2D eigenvalue weighted by atomic mass is 9.91. The fourth-order valence-electron chi connectivity index (χ4n) is 7.70. The highest BCUT2D eigenvalue weighted by Gasteiger charge is 2.36. The van der Waals surface area contributed by atoms with Crippen LogP contribution >= 0.6 is 0 Å². The highest BCUT2D eigenvalue weighted by Crippen LogP contribution is 2.46. The van der Waals surface area contributed by atoms with Crippen molar-refractivity contribution in [2.75, 3.05) is 0 Å². The summed E-state index contributed by atoms with van der Waals surface area (Å²) >= 11 is 0. The van der Waals surface area contributed by atoms with Gasteiger partial charge in [0.2, 0.25) is 0 Å². The van der Waals surface area contributed by atoms with Crippen molar-refractivity contribution in [2.24, 2.45) is 5.92 Å². The molecule has 4 nitrogen and oxygen atoms in total. The summed E-state index contributed by atoms with van der Waals surface area (Å²) in [4.78, 5) is 0. The van der Waals surface area contributed by atoms with Gasteiger partial charge in [0.1, 0.15) is 6.07 Å². The third kappa shape index (κ3) is 4.73. The standard InChI is InChI=1S/C43H31F3N4/c1-24-8-12-36-30(16-24)31-17-25(2)9-13-37(31)49(36)40-21-34(42-28(22-47)6-5-7-35(42)43(44,45)46)41(20-29(40)23-48)50-38-14-10-26(3)18-32(38)33-19-27(4)11-15-39(33)50/h5-16,18-21,25H,17H2,1-4H3. The van der Waals surface area contributed by atoms with Crippen LogP contribution in [0.15, 0.2) is 91.0 Å². The Morgan fingerprint density at radius 2 is 1.26 bits per heavy atom. The van der Waals surface area contributed by atoms with Gasteiger partial charge in [0.05, 0.1) is 50.7 Å². The Kier molecular flexibility index (Phi) is 7.03. The molecule has 7 heteroatoms. The number of halogens is 3. The second-order valence-electron chi connectivity index (χ2n) is 13.5. The zero-order valence-corrected chi connectivity index (χ0v) is 27.9. The first-order chi connectivity index (χ1) is 24.0. The van der Waals surface area contributed by atoms with E-state index in [0.29, 0.717) is 22.9 Å². The van der Waals surface area contributed by atoms with Crippen molar-refractivity contribution in [1.82, 2.24) is 9.13 Å². The molecule has 0 bridgehead atoms. The molecule has 1 aliphatic carbocycles. The molecular formula is C43H31F3N4. The lowest BCUT2D eigenvalue weighted by molar-refractivity contribution is -0.137. The number of alkyl halides is 3. The quantitative estimate of drug-likeness (QED) is 0.189. The lowest BCUT2D eigenvalue weighted by Gasteiger charge is -2.22. The van der Waals surface area contributed by atoms with Crippen molar-refractivity contribution in [3.8, 4) is 34.6 Å². The van der Waals surface area contributed by atoms with Gasteiger partial charge in [-0.2, -0.15) is 23.7 Å². The molecule has 8 rings (SSSR count). The number of aryl methyl sites for hydroxylation is 3. The van der Waals surface area contributed by atoms with Crippen molar-refractivity contribution in [2.45, 2.75) is 40.3 Å². The van der Waals surface area contributed by atoms with Crippen LogP contribution in [0, 0.1) is 49.4 Å². The fraction of sp³-hybridized carbons (Fsp3) is 0.163. The van der Waals surface area contributed by atoms with Crippen LogP contribution in [-0.2, 0) is 12.6 Å². The summed E-state index contributed by atoms with van der Waals surface area (Å²) in [5, 5.41) is 24.1. The minimum atomic E-state index is -4.75. The maximum atomic E-state index is 15.0. The molecule has 1 atom stereocenters. The molecule has 0 radical (unpaired) electrons. The third-order valence-electron chi connectivity index (χ3n) is 9.93. The van der Waals surface area contributed by atoms with E-state index < -0.39 is 11.7 Å². The number of hydrogen-bond donors (Lipinski definition) is 0. The van der Waals surface area contributed by atoms with E-state index in [2.05, 4.69) is 43.3 Å². The smallest absolute Gasteiger partial charge is 0.309 e. The Morgan fingerprint density at radius 1 is 0.680 bits per heavy atom. The van der Waals surface area contributed by atoms with Gasteiger partial charge in [-0.1, -0.05) is 54.0 Å². The second kappa shape index (κ2) is 11.3. The van der Waals surface area contributed by atoms with Gasteiger partial charge in [0.25, 0.3) is 0 Å². The van der Waals surface area contributed by atoms with Crippen molar-refractivity contribution >= 4 is 38.8 Å². The first kappa shape index (κ1) is 31.2. The van der Waals surface area contributed by atoms with E-state index in [9.17, 15) is 23.7 Å². The van der Waals surface area contributed by atoms with Gasteiger partial charge in [-0.25, -0.2) is 0 Å². The van der Waals surface area contributed by atoms with Crippen LogP contribution in [0.2, 0.25) is 0 Å². The molecule has 0 spiro atoms. The first-order valence-corrected chi connectivity index (χ1v) is 16.5. The largest absolute Gasteiger partial charge is 0.417 e. The summed E-state index contributed by atoms with van der Waals surface area (Å²) in [6.45, 7) is 8.19. The molecule has 7 aromatic rings. The number of aromatic nitrogens is 2. The Hall–Kier alpha value is -6.05. The number of allylic oxidation sites excluding steroid dienone is 1. The molecule has 50 heavy (non-hydrogen) atoms.